The van der Waals surface area contributed by atoms with Crippen molar-refractivity contribution in [1.82, 2.24) is 0 Å². The van der Waals surface area contributed by atoms with Crippen LogP contribution in [0.4, 0.5) is 0 Å². The summed E-state index contributed by atoms with van der Waals surface area (Å²) in [5.74, 6) is -0.833. The zero-order valence-electron chi connectivity index (χ0n) is 5.44. The number of hydrogen-bond acceptors (Lipinski definition) is 1. The average Bonchev–Trinajstić information content (AvgIpc) is 0.811. The van der Waals surface area contributed by atoms with E-state index in [1.165, 1.54) is 0 Å². The topological polar surface area (TPSA) is 37.3 Å². The van der Waals surface area contributed by atoms with Gasteiger partial charge in [-0.2, -0.15) is 0 Å². The van der Waals surface area contributed by atoms with Crippen LogP contribution in [0.3, 0.4) is 0 Å². The Bertz CT molecular complexity index is 41.0. The van der Waals surface area contributed by atoms with Crippen molar-refractivity contribution in [3.8, 4) is 0 Å². The largest absolute Gasteiger partial charge is 2.00 e. The maximum absolute atomic E-state index is 9.00. The number of aliphatic carboxylic acids is 1. The summed E-state index contributed by atoms with van der Waals surface area (Å²) < 4.78 is 0. The second-order valence-corrected chi connectivity index (χ2v) is 0.519. The van der Waals surface area contributed by atoms with E-state index in [1.54, 1.807) is 0 Å². The van der Waals surface area contributed by atoms with E-state index >= 15 is 0 Å². The van der Waals surface area contributed by atoms with Crippen molar-refractivity contribution in [2.24, 2.45) is 0 Å². The van der Waals surface area contributed by atoms with Crippen molar-refractivity contribution in [1.29, 1.82) is 0 Å². The van der Waals surface area contributed by atoms with Crippen molar-refractivity contribution < 1.29 is 29.8 Å². The van der Waals surface area contributed by atoms with E-state index in [1.807, 2.05) is 0 Å². The maximum Gasteiger partial charge on any atom is 2.00 e. The van der Waals surface area contributed by atoms with E-state index in [-0.39, 0.29) is 65.4 Å². The molecule has 0 unspecified atom stereocenters. The zero-order valence-corrected chi connectivity index (χ0v) is 8.10. The van der Waals surface area contributed by atoms with Crippen LogP contribution in [0.15, 0.2) is 0 Å². The Balaban J connectivity index is -0.00000000750. The maximum atomic E-state index is 9.00. The van der Waals surface area contributed by atoms with Crippen LogP contribution in [0.5, 0.6) is 0 Å². The molecule has 0 aromatic heterocycles. The molecule has 0 fully saturated rings. The fourth-order valence-corrected chi connectivity index (χ4v) is 0. The minimum absolute atomic E-state index is 0. The number of carboxylic acids is 1. The molecule has 0 aliphatic carbocycles. The van der Waals surface area contributed by atoms with E-state index in [2.05, 4.69) is 0 Å². The minimum Gasteiger partial charge on any atom is -1.00 e. The molecule has 0 heterocycles. The van der Waals surface area contributed by atoms with Crippen molar-refractivity contribution in [2.45, 2.75) is 6.92 Å². The van der Waals surface area contributed by atoms with Gasteiger partial charge < -0.3 is 7.96 Å². The minimum atomic E-state index is -0.833. The van der Waals surface area contributed by atoms with Gasteiger partial charge in [0.25, 0.3) is 5.97 Å². The molecule has 0 rings (SSSR count). The molecule has 0 saturated heterocycles. The molecule has 0 spiro atoms. The molecule has 0 aliphatic heterocycles. The first-order chi connectivity index (χ1) is 1.73. The molecule has 1 N–H and O–H groups in total. The van der Waals surface area contributed by atoms with Crippen LogP contribution >= 0.6 is 0 Å². The summed E-state index contributed by atoms with van der Waals surface area (Å²) in [6.07, 6.45) is 0. The first-order valence-electron chi connectivity index (χ1n) is 0.928. The van der Waals surface area contributed by atoms with E-state index < -0.39 is 5.97 Å². The third-order valence-corrected chi connectivity index (χ3v) is 0. The molecule has 0 bridgehead atoms. The van der Waals surface area contributed by atoms with Crippen LogP contribution < -0.4 is 0 Å². The Morgan fingerprint density at radius 3 is 1.83 bits per heavy atom. The Labute approximate surface area is 87.0 Å². The second-order valence-electron chi connectivity index (χ2n) is 0.519. The molecule has 4 heteroatoms. The van der Waals surface area contributed by atoms with Gasteiger partial charge in [-0.15, -0.1) is 0 Å². The van der Waals surface area contributed by atoms with Crippen LogP contribution in [0.2, 0.25) is 0 Å². The van der Waals surface area contributed by atoms with Crippen LogP contribution in [0.1, 0.15) is 9.78 Å². The van der Waals surface area contributed by atoms with Gasteiger partial charge in [0, 0.05) is 24.0 Å². The summed E-state index contributed by atoms with van der Waals surface area (Å²) in [6.45, 7) is 1.08. The fraction of sp³-hybridized carbons (Fsp3) is 0.500. The quantitative estimate of drug-likeness (QED) is 0.561. The number of carboxylic acid groups (broad SMARTS) is 1. The Kier molecular flexibility index (Phi) is 25.3. The molecule has 0 saturated carbocycles. The average molecular weight is 205 g/mol. The van der Waals surface area contributed by atoms with Crippen LogP contribution in [0.25, 0.3) is 0 Å². The van der Waals surface area contributed by atoms with Crippen LogP contribution in [-0.2, 0) is 21.9 Å². The molecular formula is C2H6MnO2Sr. The van der Waals surface area contributed by atoms with Gasteiger partial charge in [0.15, 0.2) is 0 Å². The summed E-state index contributed by atoms with van der Waals surface area (Å²) >= 11 is 0. The van der Waals surface area contributed by atoms with E-state index in [0.29, 0.717) is 0 Å². The standard InChI is InChI=1S/C2H4O2.Mn.Sr.2H/c1-2(3)4;;;;/h1H3,(H,3,4);;;;/q;;+2;2*-1. The summed E-state index contributed by atoms with van der Waals surface area (Å²) in [5.41, 5.74) is 0. The summed E-state index contributed by atoms with van der Waals surface area (Å²) in [4.78, 5) is 9.00. The van der Waals surface area contributed by atoms with Crippen LogP contribution in [-0.4, -0.2) is 56.6 Å². The van der Waals surface area contributed by atoms with Gasteiger partial charge in [-0.05, 0) is 0 Å². The number of hydrogen-bond donors (Lipinski definition) is 1. The Morgan fingerprint density at radius 1 is 1.83 bits per heavy atom. The molecule has 0 amide bonds. The first kappa shape index (κ1) is 15.6. The SMILES string of the molecule is CC(=O)O.[H-].[H-].[Mn].[Sr+2]. The molecule has 6 heavy (non-hydrogen) atoms. The normalized spacial score (nSPS) is 4.17. The van der Waals surface area contributed by atoms with E-state index in [4.69, 9.17) is 9.90 Å². The van der Waals surface area contributed by atoms with Gasteiger partial charge in [0.2, 0.25) is 0 Å². The van der Waals surface area contributed by atoms with Gasteiger partial charge >= 0.3 is 45.5 Å². The summed E-state index contributed by atoms with van der Waals surface area (Å²) in [5, 5.41) is 7.42. The second kappa shape index (κ2) is 9.69. The Morgan fingerprint density at radius 2 is 1.83 bits per heavy atom. The van der Waals surface area contributed by atoms with Gasteiger partial charge in [-0.1, -0.05) is 0 Å². The third-order valence-electron chi connectivity index (χ3n) is 0. The van der Waals surface area contributed by atoms with Crippen molar-refractivity contribution in [3.05, 3.63) is 0 Å². The van der Waals surface area contributed by atoms with E-state index in [0.717, 1.165) is 6.92 Å². The smallest absolute Gasteiger partial charge is 1.00 e. The summed E-state index contributed by atoms with van der Waals surface area (Å²) in [7, 11) is 0. The molecule has 0 atom stereocenters. The van der Waals surface area contributed by atoms with Gasteiger partial charge in [-0.25, -0.2) is 0 Å². The third kappa shape index (κ3) is 50.6. The fourth-order valence-electron chi connectivity index (χ4n) is 0. The monoisotopic (exact) mass is 205 g/mol. The zero-order chi connectivity index (χ0) is 3.58. The molecular weight excluding hydrogens is 199 g/mol. The predicted molar refractivity (Wildman–Crippen MR) is 21.3 cm³/mol. The number of rotatable bonds is 0. The first-order valence-corrected chi connectivity index (χ1v) is 0.928. The van der Waals surface area contributed by atoms with E-state index in [9.17, 15) is 0 Å². The number of carbonyl (C=O) groups is 1. The van der Waals surface area contributed by atoms with Gasteiger partial charge in [0.1, 0.15) is 0 Å². The van der Waals surface area contributed by atoms with Crippen LogP contribution in [0, 0.1) is 0 Å². The molecule has 0 aromatic rings. The molecule has 1 radical (unpaired) electrons. The predicted octanol–water partition coefficient (Wildman–Crippen LogP) is -0.0674. The Hall–Kier alpha value is 1.47. The molecule has 0 aliphatic rings. The van der Waals surface area contributed by atoms with Crippen molar-refractivity contribution in [2.75, 3.05) is 0 Å². The van der Waals surface area contributed by atoms with Gasteiger partial charge in [-0.3, -0.25) is 4.79 Å². The van der Waals surface area contributed by atoms with Crippen molar-refractivity contribution in [3.63, 3.8) is 0 Å². The molecule has 2 nitrogen and oxygen atoms in total. The van der Waals surface area contributed by atoms with Crippen molar-refractivity contribution >= 4 is 51.5 Å². The molecule has 35 valence electrons. The molecule has 0 aromatic carbocycles. The van der Waals surface area contributed by atoms with Gasteiger partial charge in [0.05, 0.1) is 0 Å². The summed E-state index contributed by atoms with van der Waals surface area (Å²) in [6, 6.07) is 0.